The fourth-order valence-corrected chi connectivity index (χ4v) is 6.19. The number of nitrogens with zero attached hydrogens (tertiary/aromatic N) is 1. The first-order chi connectivity index (χ1) is 20.9. The highest BCUT2D eigenvalue weighted by Gasteiger charge is 2.09. The Kier molecular flexibility index (Phi) is 12.6. The summed E-state index contributed by atoms with van der Waals surface area (Å²) in [6.07, 6.45) is 8.14. The number of unbranched alkanes of at least 4 members (excludes halogenated alkanes) is 6. The molecule has 3 nitrogen and oxygen atoms in total. The summed E-state index contributed by atoms with van der Waals surface area (Å²) in [6.45, 7) is 0. The molecular weight excluding hydrogens is 581 g/mol. The number of nitriles is 1. The summed E-state index contributed by atoms with van der Waals surface area (Å²) in [4.78, 5) is 26.5. The molecule has 0 amide bonds. The molecule has 0 aromatic heterocycles. The van der Waals surface area contributed by atoms with Gasteiger partial charge < -0.3 is 0 Å². The van der Waals surface area contributed by atoms with Gasteiger partial charge in [-0.1, -0.05) is 98.1 Å². The van der Waals surface area contributed by atoms with Crippen LogP contribution in [0.5, 0.6) is 0 Å². The van der Waals surface area contributed by atoms with E-state index in [0.717, 1.165) is 77.5 Å². The average Bonchev–Trinajstić information content (AvgIpc) is 3.02. The van der Waals surface area contributed by atoms with Crippen molar-refractivity contribution in [3.63, 3.8) is 0 Å². The molecule has 0 atom stereocenters. The van der Waals surface area contributed by atoms with Gasteiger partial charge in [0.2, 0.25) is 0 Å². The molecule has 0 saturated carbocycles. The van der Waals surface area contributed by atoms with Crippen LogP contribution >= 0.6 is 23.5 Å². The van der Waals surface area contributed by atoms with E-state index in [2.05, 4.69) is 6.07 Å². The number of rotatable bonds is 14. The molecule has 0 bridgehead atoms. The molecule has 0 aliphatic carbocycles. The van der Waals surface area contributed by atoms with Crippen molar-refractivity contribution < 1.29 is 18.4 Å². The standard InChI is InChI=1S/C36H33F2NO2S2/c37-33-23-18-30(24-34(33)38)29-16-21-32(22-17-29)43-36(41)9-7-5-3-1-2-4-6-8-35(40)42-31-19-14-28(15-20-31)27-12-10-26(25-39)11-13-27/h10-24H,1-9H2. The van der Waals surface area contributed by atoms with E-state index in [1.54, 1.807) is 12.1 Å². The van der Waals surface area contributed by atoms with Crippen LogP contribution in [0.1, 0.15) is 63.4 Å². The van der Waals surface area contributed by atoms with Crippen LogP contribution in [0, 0.1) is 23.0 Å². The third-order valence-electron chi connectivity index (χ3n) is 7.03. The first-order valence-corrected chi connectivity index (χ1v) is 16.1. The van der Waals surface area contributed by atoms with Crippen molar-refractivity contribution >= 4 is 33.8 Å². The van der Waals surface area contributed by atoms with E-state index in [0.29, 0.717) is 24.0 Å². The lowest BCUT2D eigenvalue weighted by Gasteiger charge is -2.05. The minimum Gasteiger partial charge on any atom is -0.287 e. The summed E-state index contributed by atoms with van der Waals surface area (Å²) in [5.41, 5.74) is 4.09. The fourth-order valence-electron chi connectivity index (χ4n) is 4.63. The second kappa shape index (κ2) is 16.8. The molecule has 4 rings (SSSR count). The van der Waals surface area contributed by atoms with E-state index < -0.39 is 11.6 Å². The van der Waals surface area contributed by atoms with Gasteiger partial charge in [0.1, 0.15) is 0 Å². The van der Waals surface area contributed by atoms with Crippen molar-refractivity contribution in [1.29, 1.82) is 5.26 Å². The van der Waals surface area contributed by atoms with Crippen LogP contribution in [-0.4, -0.2) is 10.2 Å². The number of thioether (sulfide) groups is 2. The third-order valence-corrected chi connectivity index (χ3v) is 8.91. The highest BCUT2D eigenvalue weighted by Crippen LogP contribution is 2.28. The summed E-state index contributed by atoms with van der Waals surface area (Å²) < 4.78 is 26.6. The molecule has 0 heterocycles. The average molecular weight is 614 g/mol. The molecule has 220 valence electrons. The Labute approximate surface area is 260 Å². The van der Waals surface area contributed by atoms with Gasteiger partial charge in [-0.25, -0.2) is 8.78 Å². The summed E-state index contributed by atoms with van der Waals surface area (Å²) in [6, 6.07) is 28.6. The van der Waals surface area contributed by atoms with Crippen LogP contribution in [0.3, 0.4) is 0 Å². The summed E-state index contributed by atoms with van der Waals surface area (Å²) in [5, 5.41) is 9.25. The van der Waals surface area contributed by atoms with Crippen LogP contribution in [0.25, 0.3) is 22.3 Å². The molecule has 0 radical (unpaired) electrons. The minimum atomic E-state index is -0.878. The largest absolute Gasteiger partial charge is 0.287 e. The number of benzene rings is 4. The number of carbonyl (C=O) groups excluding carboxylic acids is 2. The Balaban J connectivity index is 1.03. The molecule has 4 aromatic rings. The van der Waals surface area contributed by atoms with Crippen molar-refractivity contribution in [2.24, 2.45) is 0 Å². The quantitative estimate of drug-likeness (QED) is 0.105. The molecule has 0 fully saturated rings. The normalized spacial score (nSPS) is 10.8. The number of hydrogen-bond acceptors (Lipinski definition) is 5. The predicted octanol–water partition coefficient (Wildman–Crippen LogP) is 10.6. The van der Waals surface area contributed by atoms with E-state index in [-0.39, 0.29) is 10.2 Å². The second-order valence-electron chi connectivity index (χ2n) is 10.3. The van der Waals surface area contributed by atoms with Gasteiger partial charge in [-0.05, 0) is 83.6 Å². The van der Waals surface area contributed by atoms with Gasteiger partial charge in [0.15, 0.2) is 21.9 Å². The van der Waals surface area contributed by atoms with Crippen LogP contribution in [-0.2, 0) is 9.59 Å². The topological polar surface area (TPSA) is 57.9 Å². The zero-order chi connectivity index (χ0) is 30.4. The third kappa shape index (κ3) is 10.5. The molecule has 0 aliphatic heterocycles. The molecule has 4 aromatic carbocycles. The molecule has 0 aliphatic rings. The van der Waals surface area contributed by atoms with Crippen molar-refractivity contribution in [1.82, 2.24) is 0 Å². The highest BCUT2D eigenvalue weighted by molar-refractivity contribution is 8.13. The van der Waals surface area contributed by atoms with Crippen LogP contribution in [0.15, 0.2) is 101 Å². The summed E-state index contributed by atoms with van der Waals surface area (Å²) in [7, 11) is 0. The molecule has 0 saturated heterocycles. The van der Waals surface area contributed by atoms with Crippen molar-refractivity contribution in [3.8, 4) is 28.3 Å². The SMILES string of the molecule is N#Cc1ccc(-c2ccc(SC(=O)CCCCCCCCCC(=O)Sc3ccc(-c4ccc(F)c(F)c4)cc3)cc2)cc1. The summed E-state index contributed by atoms with van der Waals surface area (Å²) >= 11 is 2.51. The summed E-state index contributed by atoms with van der Waals surface area (Å²) in [5.74, 6) is -1.75. The zero-order valence-corrected chi connectivity index (χ0v) is 25.5. The number of halogens is 2. The van der Waals surface area contributed by atoms with Crippen molar-refractivity contribution in [3.05, 3.63) is 108 Å². The van der Waals surface area contributed by atoms with E-state index >= 15 is 0 Å². The minimum absolute atomic E-state index is 0.125. The Hall–Kier alpha value is -3.73. The lowest BCUT2D eigenvalue weighted by molar-refractivity contribution is -0.111. The maximum absolute atomic E-state index is 13.5. The van der Waals surface area contributed by atoms with Crippen LogP contribution in [0.4, 0.5) is 8.78 Å². The molecule has 43 heavy (non-hydrogen) atoms. The van der Waals surface area contributed by atoms with E-state index in [1.165, 1.54) is 35.7 Å². The lowest BCUT2D eigenvalue weighted by Crippen LogP contribution is -1.93. The van der Waals surface area contributed by atoms with E-state index in [4.69, 9.17) is 5.26 Å². The van der Waals surface area contributed by atoms with Gasteiger partial charge in [0.25, 0.3) is 0 Å². The first kappa shape index (κ1) is 32.2. The van der Waals surface area contributed by atoms with Gasteiger partial charge in [-0.3, -0.25) is 9.59 Å². The predicted molar refractivity (Wildman–Crippen MR) is 172 cm³/mol. The molecule has 0 spiro atoms. The van der Waals surface area contributed by atoms with Crippen LogP contribution in [0.2, 0.25) is 0 Å². The monoisotopic (exact) mass is 613 g/mol. The highest BCUT2D eigenvalue weighted by atomic mass is 32.2. The van der Waals surface area contributed by atoms with Crippen LogP contribution < -0.4 is 0 Å². The molecule has 7 heteroatoms. The van der Waals surface area contributed by atoms with Gasteiger partial charge in [0.05, 0.1) is 11.6 Å². The Morgan fingerprint density at radius 3 is 1.37 bits per heavy atom. The smallest absolute Gasteiger partial charge is 0.193 e. The maximum atomic E-state index is 13.5. The van der Waals surface area contributed by atoms with Crippen molar-refractivity contribution in [2.45, 2.75) is 67.6 Å². The second-order valence-corrected chi connectivity index (χ2v) is 12.6. The fraction of sp³-hybridized carbons (Fsp3) is 0.250. The molecule has 0 unspecified atom stereocenters. The Bertz CT molecular complexity index is 1550. The Morgan fingerprint density at radius 1 is 0.535 bits per heavy atom. The van der Waals surface area contributed by atoms with E-state index in [1.807, 2.05) is 60.7 Å². The van der Waals surface area contributed by atoms with Crippen molar-refractivity contribution in [2.75, 3.05) is 0 Å². The number of hydrogen-bond donors (Lipinski definition) is 0. The maximum Gasteiger partial charge on any atom is 0.193 e. The first-order valence-electron chi connectivity index (χ1n) is 14.5. The molecule has 0 N–H and O–H groups in total. The molecular formula is C36H33F2NO2S2. The number of carbonyl (C=O) groups is 2. The zero-order valence-electron chi connectivity index (χ0n) is 23.9. The van der Waals surface area contributed by atoms with Gasteiger partial charge in [-0.15, -0.1) is 0 Å². The lowest BCUT2D eigenvalue weighted by atomic mass is 10.0. The Morgan fingerprint density at radius 2 is 0.930 bits per heavy atom. The van der Waals surface area contributed by atoms with E-state index in [9.17, 15) is 18.4 Å². The van der Waals surface area contributed by atoms with Gasteiger partial charge in [-0.2, -0.15) is 5.26 Å². The van der Waals surface area contributed by atoms with Gasteiger partial charge in [0, 0.05) is 22.6 Å². The van der Waals surface area contributed by atoms with Gasteiger partial charge >= 0.3 is 0 Å².